The van der Waals surface area contributed by atoms with Gasteiger partial charge in [0.1, 0.15) is 29.8 Å². The largest absolute Gasteiger partial charge is 0.467 e. The lowest BCUT2D eigenvalue weighted by Gasteiger charge is -2.18. The number of para-hydroxylation sites is 1. The van der Waals surface area contributed by atoms with Crippen LogP contribution >= 0.6 is 0 Å². The van der Waals surface area contributed by atoms with Gasteiger partial charge in [0, 0.05) is 10.8 Å². The van der Waals surface area contributed by atoms with Gasteiger partial charge in [-0.1, -0.05) is 68.4 Å². The number of benzene rings is 3. The molecule has 0 aliphatic carbocycles. The highest BCUT2D eigenvalue weighted by Gasteiger charge is 2.30. The lowest BCUT2D eigenvalue weighted by atomic mass is 9.91. The van der Waals surface area contributed by atoms with Gasteiger partial charge < -0.3 is 13.9 Å². The summed E-state index contributed by atoms with van der Waals surface area (Å²) in [5.74, 6) is 1.41. The molecule has 30 heavy (non-hydrogen) atoms. The first-order chi connectivity index (χ1) is 14.6. The second-order valence-electron chi connectivity index (χ2n) is 7.58. The number of carbonyl (C=O) groups excluding carboxylic acids is 1. The van der Waals surface area contributed by atoms with Crippen LogP contribution in [0.15, 0.2) is 89.5 Å². The summed E-state index contributed by atoms with van der Waals surface area (Å²) in [6.07, 6.45) is 1.69. The molecule has 4 rings (SSSR count). The van der Waals surface area contributed by atoms with Gasteiger partial charge in [0.25, 0.3) is 0 Å². The van der Waals surface area contributed by atoms with Gasteiger partial charge in [-0.3, -0.25) is 4.79 Å². The van der Waals surface area contributed by atoms with Gasteiger partial charge in [0.2, 0.25) is 0 Å². The lowest BCUT2D eigenvalue weighted by Crippen LogP contribution is -2.20. The molecule has 0 radical (unpaired) electrons. The Kier molecular flexibility index (Phi) is 5.84. The first kappa shape index (κ1) is 19.8. The van der Waals surface area contributed by atoms with Crippen LogP contribution < -0.4 is 4.74 Å². The van der Waals surface area contributed by atoms with Gasteiger partial charge in [0.05, 0.1) is 6.26 Å². The third-order valence-electron chi connectivity index (χ3n) is 5.00. The van der Waals surface area contributed by atoms with Crippen LogP contribution in [-0.2, 0) is 16.1 Å². The SMILES string of the molecule is CC(C)C(C(=O)OCc1cccc(Oc2ccccc2)c1)c1occ2ccccc12. The molecular weight excluding hydrogens is 376 g/mol. The summed E-state index contributed by atoms with van der Waals surface area (Å²) in [5.41, 5.74) is 0.864. The van der Waals surface area contributed by atoms with E-state index in [4.69, 9.17) is 13.9 Å². The number of fused-ring (bicyclic) bond motifs is 1. The molecule has 1 aromatic heterocycles. The van der Waals surface area contributed by atoms with Crippen LogP contribution in [-0.4, -0.2) is 5.97 Å². The van der Waals surface area contributed by atoms with Crippen LogP contribution in [0.1, 0.15) is 31.1 Å². The summed E-state index contributed by atoms with van der Waals surface area (Å²) in [7, 11) is 0. The lowest BCUT2D eigenvalue weighted by molar-refractivity contribution is -0.148. The monoisotopic (exact) mass is 400 g/mol. The van der Waals surface area contributed by atoms with E-state index in [-0.39, 0.29) is 18.5 Å². The van der Waals surface area contributed by atoms with Crippen LogP contribution in [0, 0.1) is 5.92 Å². The molecule has 4 heteroatoms. The minimum atomic E-state index is -0.464. The number of furan rings is 1. The van der Waals surface area contributed by atoms with E-state index in [2.05, 4.69) is 0 Å². The van der Waals surface area contributed by atoms with Crippen LogP contribution in [0.4, 0.5) is 0 Å². The Labute approximate surface area is 176 Å². The number of esters is 1. The van der Waals surface area contributed by atoms with Gasteiger partial charge in [-0.2, -0.15) is 0 Å². The van der Waals surface area contributed by atoms with Gasteiger partial charge in [-0.25, -0.2) is 0 Å². The maximum atomic E-state index is 13.0. The fraction of sp³-hybridized carbons (Fsp3) is 0.192. The molecule has 1 unspecified atom stereocenters. The zero-order valence-corrected chi connectivity index (χ0v) is 17.1. The molecule has 1 atom stereocenters. The molecule has 0 spiro atoms. The minimum absolute atomic E-state index is 0.0415. The topological polar surface area (TPSA) is 48.7 Å². The van der Waals surface area contributed by atoms with Crippen molar-refractivity contribution in [1.82, 2.24) is 0 Å². The molecule has 0 amide bonds. The van der Waals surface area contributed by atoms with Gasteiger partial charge in [0.15, 0.2) is 0 Å². The Bertz CT molecular complexity index is 1130. The van der Waals surface area contributed by atoms with Crippen LogP contribution in [0.5, 0.6) is 11.5 Å². The number of hydrogen-bond acceptors (Lipinski definition) is 4. The Balaban J connectivity index is 1.47. The molecule has 0 bridgehead atoms. The molecule has 0 N–H and O–H groups in total. The molecule has 1 heterocycles. The molecule has 0 aliphatic heterocycles. The fourth-order valence-electron chi connectivity index (χ4n) is 3.51. The zero-order chi connectivity index (χ0) is 20.9. The quantitative estimate of drug-likeness (QED) is 0.324. The standard InChI is InChI=1S/C26H24O4/c1-18(2)24(25-23-14-7-6-10-20(23)17-28-25)26(27)29-16-19-9-8-13-22(15-19)30-21-11-4-3-5-12-21/h3-15,17-18,24H,16H2,1-2H3. The average molecular weight is 400 g/mol. The third-order valence-corrected chi connectivity index (χ3v) is 5.00. The van der Waals surface area contributed by atoms with E-state index in [1.165, 1.54) is 0 Å². The Hall–Kier alpha value is -3.53. The van der Waals surface area contributed by atoms with E-state index < -0.39 is 5.92 Å². The van der Waals surface area contributed by atoms with Crippen LogP contribution in [0.2, 0.25) is 0 Å². The van der Waals surface area contributed by atoms with Gasteiger partial charge in [-0.15, -0.1) is 0 Å². The molecule has 152 valence electrons. The average Bonchev–Trinajstić information content (AvgIpc) is 3.17. The van der Waals surface area contributed by atoms with Gasteiger partial charge in [-0.05, 0) is 35.7 Å². The van der Waals surface area contributed by atoms with Crippen LogP contribution in [0.3, 0.4) is 0 Å². The van der Waals surface area contributed by atoms with Crippen molar-refractivity contribution in [2.24, 2.45) is 5.92 Å². The highest BCUT2D eigenvalue weighted by molar-refractivity contribution is 5.89. The molecule has 0 saturated carbocycles. The van der Waals surface area contributed by atoms with Crippen molar-refractivity contribution in [3.8, 4) is 11.5 Å². The minimum Gasteiger partial charge on any atom is -0.467 e. The summed E-state index contributed by atoms with van der Waals surface area (Å²) >= 11 is 0. The van der Waals surface area contributed by atoms with Crippen LogP contribution in [0.25, 0.3) is 10.8 Å². The van der Waals surface area contributed by atoms with E-state index in [0.717, 1.165) is 22.1 Å². The van der Waals surface area contributed by atoms with E-state index >= 15 is 0 Å². The van der Waals surface area contributed by atoms with Crippen molar-refractivity contribution in [3.63, 3.8) is 0 Å². The first-order valence-electron chi connectivity index (χ1n) is 10.1. The maximum absolute atomic E-state index is 13.0. The third kappa shape index (κ3) is 4.38. The molecule has 0 aliphatic rings. The van der Waals surface area contributed by atoms with E-state index in [9.17, 15) is 4.79 Å². The number of ether oxygens (including phenoxy) is 2. The smallest absolute Gasteiger partial charge is 0.317 e. The molecule has 0 saturated heterocycles. The van der Waals surface area contributed by atoms with E-state index in [1.807, 2.05) is 92.7 Å². The summed E-state index contributed by atoms with van der Waals surface area (Å²) in [4.78, 5) is 13.0. The summed E-state index contributed by atoms with van der Waals surface area (Å²) < 4.78 is 17.3. The molecule has 4 nitrogen and oxygen atoms in total. The van der Waals surface area contributed by atoms with E-state index in [1.54, 1.807) is 6.26 Å². The summed E-state index contributed by atoms with van der Waals surface area (Å²) in [5, 5.41) is 1.93. The molecule has 4 aromatic rings. The zero-order valence-electron chi connectivity index (χ0n) is 17.1. The number of carbonyl (C=O) groups is 1. The van der Waals surface area contributed by atoms with E-state index in [0.29, 0.717) is 11.5 Å². The Morgan fingerprint density at radius 3 is 2.43 bits per heavy atom. The van der Waals surface area contributed by atoms with Crippen molar-refractivity contribution in [3.05, 3.63) is 96.4 Å². The Morgan fingerprint density at radius 1 is 0.900 bits per heavy atom. The highest BCUT2D eigenvalue weighted by atomic mass is 16.5. The van der Waals surface area contributed by atoms with Crippen molar-refractivity contribution < 1.29 is 18.7 Å². The number of rotatable bonds is 7. The first-order valence-corrected chi connectivity index (χ1v) is 10.1. The Morgan fingerprint density at radius 2 is 1.63 bits per heavy atom. The van der Waals surface area contributed by atoms with Gasteiger partial charge >= 0.3 is 5.97 Å². The predicted molar refractivity (Wildman–Crippen MR) is 117 cm³/mol. The predicted octanol–water partition coefficient (Wildman–Crippen LogP) is 6.71. The van der Waals surface area contributed by atoms with Crippen molar-refractivity contribution >= 4 is 16.7 Å². The summed E-state index contributed by atoms with van der Waals surface area (Å²) in [6.45, 7) is 4.17. The fourth-order valence-corrected chi connectivity index (χ4v) is 3.51. The van der Waals surface area contributed by atoms with Crippen molar-refractivity contribution in [1.29, 1.82) is 0 Å². The molecular formula is C26H24O4. The van der Waals surface area contributed by atoms with Crippen molar-refractivity contribution in [2.75, 3.05) is 0 Å². The maximum Gasteiger partial charge on any atom is 0.317 e. The molecule has 3 aromatic carbocycles. The number of hydrogen-bond donors (Lipinski definition) is 0. The second kappa shape index (κ2) is 8.87. The second-order valence-corrected chi connectivity index (χ2v) is 7.58. The molecule has 0 fully saturated rings. The highest BCUT2D eigenvalue weighted by Crippen LogP contribution is 2.33. The normalized spacial score (nSPS) is 12.1. The van der Waals surface area contributed by atoms with Crippen molar-refractivity contribution in [2.45, 2.75) is 26.4 Å². The summed E-state index contributed by atoms with van der Waals surface area (Å²) in [6, 6.07) is 25.0.